The Bertz CT molecular complexity index is 334. The zero-order valence-corrected chi connectivity index (χ0v) is 10.3. The smallest absolute Gasteiger partial charge is 0.147 e. The van der Waals surface area contributed by atoms with Gasteiger partial charge in [-0.3, -0.25) is 9.88 Å². The Kier molecular flexibility index (Phi) is 3.74. The minimum absolute atomic E-state index is 0.281. The van der Waals surface area contributed by atoms with Crippen LogP contribution in [-0.2, 0) is 11.3 Å². The first-order valence-corrected chi connectivity index (χ1v) is 5.85. The van der Waals surface area contributed by atoms with Gasteiger partial charge in [-0.2, -0.15) is 0 Å². The van der Waals surface area contributed by atoms with Gasteiger partial charge in [0.15, 0.2) is 0 Å². The van der Waals surface area contributed by atoms with Crippen molar-refractivity contribution >= 4 is 11.6 Å². The molecule has 2 rings (SSSR count). The van der Waals surface area contributed by atoms with E-state index in [1.165, 1.54) is 0 Å². The molecule has 1 aromatic rings. The van der Waals surface area contributed by atoms with E-state index in [0.29, 0.717) is 5.15 Å². The first-order chi connectivity index (χ1) is 7.63. The van der Waals surface area contributed by atoms with Crippen LogP contribution in [0, 0.1) is 0 Å². The second kappa shape index (κ2) is 5.08. The summed E-state index contributed by atoms with van der Waals surface area (Å²) in [5.41, 5.74) is 0.950. The van der Waals surface area contributed by atoms with Crippen LogP contribution in [0.1, 0.15) is 19.5 Å². The summed E-state index contributed by atoms with van der Waals surface area (Å²) in [6.07, 6.45) is 3.88. The molecule has 1 aliphatic heterocycles. The largest absolute Gasteiger partial charge is 0.373 e. The Morgan fingerprint density at radius 2 is 2.00 bits per heavy atom. The van der Waals surface area contributed by atoms with Crippen LogP contribution < -0.4 is 0 Å². The van der Waals surface area contributed by atoms with E-state index in [1.54, 1.807) is 12.4 Å². The van der Waals surface area contributed by atoms with Gasteiger partial charge in [0.1, 0.15) is 5.15 Å². The molecule has 2 heterocycles. The molecule has 0 aliphatic carbocycles. The van der Waals surface area contributed by atoms with E-state index in [0.717, 1.165) is 25.3 Å². The average Bonchev–Trinajstić information content (AvgIpc) is 2.20. The fraction of sp³-hybridized carbons (Fsp3) is 0.636. The highest BCUT2D eigenvalue weighted by molar-refractivity contribution is 6.29. The summed E-state index contributed by atoms with van der Waals surface area (Å²) in [5.74, 6) is 0. The lowest BCUT2D eigenvalue weighted by atomic mass is 10.2. The third-order valence-corrected chi connectivity index (χ3v) is 2.75. The fourth-order valence-electron chi connectivity index (χ4n) is 2.06. The zero-order chi connectivity index (χ0) is 11.5. The third-order valence-electron chi connectivity index (χ3n) is 2.55. The standard InChI is InChI=1S/C11H16ClN3O/c1-8-5-15(6-9(2)16-8)7-10-3-14-11(12)4-13-10/h3-4,8-9H,5-7H2,1-2H3. The lowest BCUT2D eigenvalue weighted by molar-refractivity contribution is -0.0707. The molecule has 1 saturated heterocycles. The van der Waals surface area contributed by atoms with Crippen LogP contribution in [0.4, 0.5) is 0 Å². The van der Waals surface area contributed by atoms with Gasteiger partial charge >= 0.3 is 0 Å². The second-order valence-electron chi connectivity index (χ2n) is 4.28. The molecular weight excluding hydrogens is 226 g/mol. The van der Waals surface area contributed by atoms with Gasteiger partial charge in [-0.25, -0.2) is 4.98 Å². The topological polar surface area (TPSA) is 38.2 Å². The number of hydrogen-bond acceptors (Lipinski definition) is 4. The lowest BCUT2D eigenvalue weighted by Crippen LogP contribution is -2.44. The number of hydrogen-bond donors (Lipinski definition) is 0. The summed E-state index contributed by atoms with van der Waals surface area (Å²) in [6, 6.07) is 0. The lowest BCUT2D eigenvalue weighted by Gasteiger charge is -2.34. The molecule has 1 aliphatic rings. The molecule has 0 bridgehead atoms. The summed E-state index contributed by atoms with van der Waals surface area (Å²) >= 11 is 5.69. The van der Waals surface area contributed by atoms with Crippen molar-refractivity contribution in [2.75, 3.05) is 13.1 Å². The van der Waals surface area contributed by atoms with Gasteiger partial charge in [0.25, 0.3) is 0 Å². The average molecular weight is 242 g/mol. The van der Waals surface area contributed by atoms with E-state index in [4.69, 9.17) is 16.3 Å². The molecule has 2 atom stereocenters. The molecule has 0 radical (unpaired) electrons. The summed E-state index contributed by atoms with van der Waals surface area (Å²) < 4.78 is 5.67. The number of morpholine rings is 1. The van der Waals surface area contributed by atoms with E-state index in [1.807, 2.05) is 0 Å². The predicted molar refractivity (Wildman–Crippen MR) is 62.3 cm³/mol. The van der Waals surface area contributed by atoms with Crippen molar-refractivity contribution in [3.63, 3.8) is 0 Å². The number of rotatable bonds is 2. The molecule has 0 amide bonds. The van der Waals surface area contributed by atoms with Gasteiger partial charge in [-0.15, -0.1) is 0 Å². The molecular formula is C11H16ClN3O. The molecule has 0 saturated carbocycles. The third kappa shape index (κ3) is 3.14. The molecule has 0 N–H and O–H groups in total. The Balaban J connectivity index is 1.96. The van der Waals surface area contributed by atoms with Crippen molar-refractivity contribution in [1.29, 1.82) is 0 Å². The molecule has 88 valence electrons. The van der Waals surface area contributed by atoms with Crippen molar-refractivity contribution < 1.29 is 4.74 Å². The summed E-state index contributed by atoms with van der Waals surface area (Å²) in [4.78, 5) is 10.6. The van der Waals surface area contributed by atoms with Crippen molar-refractivity contribution in [2.45, 2.75) is 32.6 Å². The van der Waals surface area contributed by atoms with E-state index in [9.17, 15) is 0 Å². The SMILES string of the molecule is CC1CN(Cc2cnc(Cl)cn2)CC(C)O1. The number of aromatic nitrogens is 2. The first kappa shape index (κ1) is 11.8. The van der Waals surface area contributed by atoms with Gasteiger partial charge in [0.05, 0.1) is 30.3 Å². The van der Waals surface area contributed by atoms with Crippen molar-refractivity contribution in [3.8, 4) is 0 Å². The quantitative estimate of drug-likeness (QED) is 0.791. The maximum absolute atomic E-state index is 5.69. The van der Waals surface area contributed by atoms with Crippen LogP contribution in [0.25, 0.3) is 0 Å². The van der Waals surface area contributed by atoms with Crippen LogP contribution in [0.15, 0.2) is 12.4 Å². The number of nitrogens with zero attached hydrogens (tertiary/aromatic N) is 3. The van der Waals surface area contributed by atoms with Crippen molar-refractivity contribution in [1.82, 2.24) is 14.9 Å². The summed E-state index contributed by atoms with van der Waals surface area (Å²) in [7, 11) is 0. The Morgan fingerprint density at radius 1 is 1.31 bits per heavy atom. The van der Waals surface area contributed by atoms with Crippen LogP contribution in [0.5, 0.6) is 0 Å². The van der Waals surface area contributed by atoms with E-state index in [-0.39, 0.29) is 12.2 Å². The molecule has 4 nitrogen and oxygen atoms in total. The van der Waals surface area contributed by atoms with Crippen LogP contribution in [0.2, 0.25) is 5.15 Å². The maximum atomic E-state index is 5.69. The monoisotopic (exact) mass is 241 g/mol. The molecule has 2 unspecified atom stereocenters. The minimum Gasteiger partial charge on any atom is -0.373 e. The summed E-state index contributed by atoms with van der Waals surface area (Å²) in [6.45, 7) is 6.87. The molecule has 5 heteroatoms. The highest BCUT2D eigenvalue weighted by Crippen LogP contribution is 2.13. The second-order valence-corrected chi connectivity index (χ2v) is 4.67. The maximum Gasteiger partial charge on any atom is 0.147 e. The van der Waals surface area contributed by atoms with Gasteiger partial charge in [0.2, 0.25) is 0 Å². The first-order valence-electron chi connectivity index (χ1n) is 5.47. The zero-order valence-electron chi connectivity index (χ0n) is 9.56. The van der Waals surface area contributed by atoms with Gasteiger partial charge in [-0.05, 0) is 13.8 Å². The molecule has 0 spiro atoms. The van der Waals surface area contributed by atoms with E-state index < -0.39 is 0 Å². The normalized spacial score (nSPS) is 26.9. The van der Waals surface area contributed by atoms with Gasteiger partial charge < -0.3 is 4.74 Å². The van der Waals surface area contributed by atoms with Crippen LogP contribution in [0.3, 0.4) is 0 Å². The van der Waals surface area contributed by atoms with Crippen molar-refractivity contribution in [2.24, 2.45) is 0 Å². The summed E-state index contributed by atoms with van der Waals surface area (Å²) in [5, 5.41) is 0.437. The minimum atomic E-state index is 0.281. The van der Waals surface area contributed by atoms with Crippen LogP contribution >= 0.6 is 11.6 Å². The highest BCUT2D eigenvalue weighted by Gasteiger charge is 2.22. The highest BCUT2D eigenvalue weighted by atomic mass is 35.5. The Hall–Kier alpha value is -0.710. The number of ether oxygens (including phenoxy) is 1. The van der Waals surface area contributed by atoms with Crippen molar-refractivity contribution in [3.05, 3.63) is 23.2 Å². The molecule has 16 heavy (non-hydrogen) atoms. The molecule has 1 fully saturated rings. The van der Waals surface area contributed by atoms with Gasteiger partial charge in [-0.1, -0.05) is 11.6 Å². The fourth-order valence-corrected chi connectivity index (χ4v) is 2.16. The molecule has 1 aromatic heterocycles. The van der Waals surface area contributed by atoms with Crippen LogP contribution in [-0.4, -0.2) is 40.2 Å². The Labute approximate surface area is 101 Å². The number of halogens is 1. The van der Waals surface area contributed by atoms with Gasteiger partial charge in [0, 0.05) is 19.6 Å². The van der Waals surface area contributed by atoms with E-state index in [2.05, 4.69) is 28.7 Å². The predicted octanol–water partition coefficient (Wildman–Crippen LogP) is 1.74. The Morgan fingerprint density at radius 3 is 2.56 bits per heavy atom. The molecule has 0 aromatic carbocycles. The van der Waals surface area contributed by atoms with E-state index >= 15 is 0 Å².